The number of nitrogens with one attached hydrogen (secondary N) is 1. The fourth-order valence-electron chi connectivity index (χ4n) is 2.56. The van der Waals surface area contributed by atoms with Crippen LogP contribution in [0.5, 0.6) is 0 Å². The molecule has 1 aliphatic rings. The number of nitrogens with zero attached hydrogens (tertiary/aromatic N) is 1. The summed E-state index contributed by atoms with van der Waals surface area (Å²) < 4.78 is 0.923. The van der Waals surface area contributed by atoms with Crippen LogP contribution in [0.2, 0.25) is 0 Å². The maximum atomic E-state index is 5.89. The van der Waals surface area contributed by atoms with E-state index in [1.165, 1.54) is 23.4 Å². The maximum Gasteiger partial charge on any atom is 0.0462 e. The molecule has 1 aromatic heterocycles. The van der Waals surface area contributed by atoms with Crippen molar-refractivity contribution in [1.29, 1.82) is 0 Å². The van der Waals surface area contributed by atoms with Crippen molar-refractivity contribution in [1.82, 2.24) is 4.98 Å². The lowest BCUT2D eigenvalue weighted by molar-refractivity contribution is 0.899. The van der Waals surface area contributed by atoms with Crippen molar-refractivity contribution in [2.24, 2.45) is 0 Å². The van der Waals surface area contributed by atoms with Crippen LogP contribution in [0.4, 0.5) is 17.1 Å². The minimum atomic E-state index is 0.767. The van der Waals surface area contributed by atoms with E-state index in [1.54, 1.807) is 0 Å². The molecule has 0 unspecified atom stereocenters. The number of pyridine rings is 1. The number of rotatable bonds is 2. The van der Waals surface area contributed by atoms with Gasteiger partial charge in [-0.1, -0.05) is 0 Å². The van der Waals surface area contributed by atoms with E-state index in [2.05, 4.69) is 33.2 Å². The molecule has 0 saturated heterocycles. The van der Waals surface area contributed by atoms with Crippen LogP contribution < -0.4 is 11.1 Å². The van der Waals surface area contributed by atoms with Gasteiger partial charge in [-0.15, -0.1) is 0 Å². The van der Waals surface area contributed by atoms with Crippen LogP contribution in [-0.4, -0.2) is 4.98 Å². The molecule has 0 fully saturated rings. The summed E-state index contributed by atoms with van der Waals surface area (Å²) in [6.45, 7) is 2.06. The second kappa shape index (κ2) is 4.85. The monoisotopic (exact) mass is 317 g/mol. The van der Waals surface area contributed by atoms with E-state index < -0.39 is 0 Å². The maximum absolute atomic E-state index is 5.89. The van der Waals surface area contributed by atoms with Crippen molar-refractivity contribution in [3.63, 3.8) is 0 Å². The molecule has 4 heteroatoms. The molecule has 0 bridgehead atoms. The van der Waals surface area contributed by atoms with Crippen LogP contribution in [0, 0.1) is 6.92 Å². The number of benzene rings is 1. The third-order valence-corrected chi connectivity index (χ3v) is 4.29. The van der Waals surface area contributed by atoms with E-state index >= 15 is 0 Å². The van der Waals surface area contributed by atoms with Crippen LogP contribution in [-0.2, 0) is 12.8 Å². The van der Waals surface area contributed by atoms with Gasteiger partial charge in [-0.25, -0.2) is 0 Å². The Morgan fingerprint density at radius 2 is 2.11 bits per heavy atom. The molecule has 3 nitrogen and oxygen atoms in total. The largest absolute Gasteiger partial charge is 0.398 e. The van der Waals surface area contributed by atoms with Gasteiger partial charge in [0.2, 0.25) is 0 Å². The Hall–Kier alpha value is -1.55. The van der Waals surface area contributed by atoms with Crippen molar-refractivity contribution in [3.05, 3.63) is 45.7 Å². The lowest BCUT2D eigenvalue weighted by Crippen LogP contribution is -2.00. The van der Waals surface area contributed by atoms with Gasteiger partial charge in [0.25, 0.3) is 0 Å². The molecule has 0 saturated carbocycles. The smallest absolute Gasteiger partial charge is 0.0462 e. The first-order valence-electron chi connectivity index (χ1n) is 6.44. The number of hydrogen-bond donors (Lipinski definition) is 2. The Morgan fingerprint density at radius 3 is 2.95 bits per heavy atom. The molecule has 0 radical (unpaired) electrons. The lowest BCUT2D eigenvalue weighted by atomic mass is 10.1. The van der Waals surface area contributed by atoms with Gasteiger partial charge in [-0.05, 0) is 71.4 Å². The highest BCUT2D eigenvalue weighted by Crippen LogP contribution is 2.33. The SMILES string of the molecule is Cc1cc(N)c(Br)cc1Nc1ccnc2c1CCC2. The number of nitrogens with two attached hydrogens (primary N) is 1. The van der Waals surface area contributed by atoms with E-state index in [-0.39, 0.29) is 0 Å². The fraction of sp³-hybridized carbons (Fsp3) is 0.267. The van der Waals surface area contributed by atoms with Gasteiger partial charge in [-0.2, -0.15) is 0 Å². The Labute approximate surface area is 121 Å². The predicted molar refractivity (Wildman–Crippen MR) is 82.8 cm³/mol. The first-order valence-corrected chi connectivity index (χ1v) is 7.24. The first kappa shape index (κ1) is 12.5. The number of aromatic nitrogens is 1. The molecule has 3 N–H and O–H groups in total. The zero-order chi connectivity index (χ0) is 13.4. The summed E-state index contributed by atoms with van der Waals surface area (Å²) in [6, 6.07) is 6.06. The molecule has 0 aliphatic heterocycles. The molecule has 1 aliphatic carbocycles. The summed E-state index contributed by atoms with van der Waals surface area (Å²) in [7, 11) is 0. The molecule has 2 aromatic rings. The second-order valence-corrected chi connectivity index (χ2v) is 5.81. The van der Waals surface area contributed by atoms with Crippen molar-refractivity contribution in [3.8, 4) is 0 Å². The molecule has 3 rings (SSSR count). The standard InChI is InChI=1S/C15H16BrN3/c1-9-7-12(17)11(16)8-15(9)19-14-5-6-18-13-4-2-3-10(13)14/h5-8H,2-4,17H2,1H3,(H,18,19). The van der Waals surface area contributed by atoms with Gasteiger partial charge in [0.05, 0.1) is 0 Å². The van der Waals surface area contributed by atoms with Crippen LogP contribution in [0.1, 0.15) is 23.2 Å². The number of aryl methyl sites for hydroxylation is 2. The molecule has 0 atom stereocenters. The molecule has 19 heavy (non-hydrogen) atoms. The van der Waals surface area contributed by atoms with Crippen LogP contribution >= 0.6 is 15.9 Å². The predicted octanol–water partition coefficient (Wildman–Crippen LogP) is 3.97. The molecule has 0 spiro atoms. The Kier molecular flexibility index (Phi) is 3.19. The van der Waals surface area contributed by atoms with Crippen LogP contribution in [0.3, 0.4) is 0 Å². The van der Waals surface area contributed by atoms with Crippen molar-refractivity contribution >= 4 is 33.0 Å². The summed E-state index contributed by atoms with van der Waals surface area (Å²) in [5.41, 5.74) is 12.6. The van der Waals surface area contributed by atoms with Crippen molar-refractivity contribution in [2.45, 2.75) is 26.2 Å². The molecule has 1 heterocycles. The summed E-state index contributed by atoms with van der Waals surface area (Å²) in [4.78, 5) is 4.45. The molecular weight excluding hydrogens is 302 g/mol. The number of fused-ring (bicyclic) bond motifs is 1. The van der Waals surface area contributed by atoms with E-state index in [1.807, 2.05) is 24.4 Å². The summed E-state index contributed by atoms with van der Waals surface area (Å²) >= 11 is 3.48. The second-order valence-electron chi connectivity index (χ2n) is 4.95. The number of nitrogen functional groups attached to an aromatic ring is 1. The summed E-state index contributed by atoms with van der Waals surface area (Å²) in [5, 5.41) is 3.52. The minimum Gasteiger partial charge on any atom is -0.398 e. The highest BCUT2D eigenvalue weighted by molar-refractivity contribution is 9.10. The van der Waals surface area contributed by atoms with Crippen molar-refractivity contribution < 1.29 is 0 Å². The average Bonchev–Trinajstić information content (AvgIpc) is 2.85. The average molecular weight is 318 g/mol. The first-order chi connectivity index (χ1) is 9.15. The Balaban J connectivity index is 1.98. The van der Waals surface area contributed by atoms with Gasteiger partial charge in [0, 0.05) is 33.4 Å². The minimum absolute atomic E-state index is 0.767. The third kappa shape index (κ3) is 2.32. The van der Waals surface area contributed by atoms with E-state index in [9.17, 15) is 0 Å². The molecule has 1 aromatic carbocycles. The van der Waals surface area contributed by atoms with Gasteiger partial charge in [0.1, 0.15) is 0 Å². The Morgan fingerprint density at radius 1 is 1.26 bits per heavy atom. The summed E-state index contributed by atoms with van der Waals surface area (Å²) in [5.74, 6) is 0. The van der Waals surface area contributed by atoms with Crippen LogP contribution in [0.15, 0.2) is 28.9 Å². The van der Waals surface area contributed by atoms with E-state index in [0.717, 1.165) is 34.3 Å². The van der Waals surface area contributed by atoms with Crippen molar-refractivity contribution in [2.75, 3.05) is 11.1 Å². The van der Waals surface area contributed by atoms with Crippen LogP contribution in [0.25, 0.3) is 0 Å². The summed E-state index contributed by atoms with van der Waals surface area (Å²) in [6.07, 6.45) is 5.29. The highest BCUT2D eigenvalue weighted by atomic mass is 79.9. The zero-order valence-electron chi connectivity index (χ0n) is 10.8. The normalized spacial score (nSPS) is 13.4. The third-order valence-electron chi connectivity index (χ3n) is 3.60. The molecule has 0 amide bonds. The quantitative estimate of drug-likeness (QED) is 0.824. The topological polar surface area (TPSA) is 50.9 Å². The van der Waals surface area contributed by atoms with E-state index in [4.69, 9.17) is 5.73 Å². The van der Waals surface area contributed by atoms with Gasteiger partial charge < -0.3 is 11.1 Å². The van der Waals surface area contributed by atoms with E-state index in [0.29, 0.717) is 0 Å². The molecule has 98 valence electrons. The lowest BCUT2D eigenvalue weighted by Gasteiger charge is -2.14. The Bertz CT molecular complexity index is 638. The number of halogens is 1. The van der Waals surface area contributed by atoms with Gasteiger partial charge >= 0.3 is 0 Å². The zero-order valence-corrected chi connectivity index (χ0v) is 12.4. The number of anilines is 3. The van der Waals surface area contributed by atoms with Gasteiger partial charge in [0.15, 0.2) is 0 Å². The highest BCUT2D eigenvalue weighted by Gasteiger charge is 2.16. The fourth-order valence-corrected chi connectivity index (χ4v) is 2.91. The molecular formula is C15H16BrN3. The number of hydrogen-bond acceptors (Lipinski definition) is 3. The van der Waals surface area contributed by atoms with Gasteiger partial charge in [-0.3, -0.25) is 4.98 Å².